The SMILES string of the molecule is O=C(N/N=C/c1c2ccccc2cc2ccccc12)c1cc(OCc2ccccc2)cc(OCc2ccccc2)c1. The van der Waals surface area contributed by atoms with Crippen LogP contribution in [0.4, 0.5) is 0 Å². The van der Waals surface area contributed by atoms with Crippen LogP contribution in [0.3, 0.4) is 0 Å². The summed E-state index contributed by atoms with van der Waals surface area (Å²) < 4.78 is 12.1. The maximum atomic E-state index is 13.3. The number of carbonyl (C=O) groups excluding carboxylic acids is 1. The second-order valence-electron chi connectivity index (χ2n) is 9.67. The Morgan fingerprint density at radius 2 is 1.10 bits per heavy atom. The average Bonchev–Trinajstić information content (AvgIpc) is 3.03. The van der Waals surface area contributed by atoms with Crippen molar-refractivity contribution >= 4 is 33.7 Å². The molecule has 200 valence electrons. The molecule has 1 amide bonds. The van der Waals surface area contributed by atoms with E-state index in [-0.39, 0.29) is 5.91 Å². The van der Waals surface area contributed by atoms with E-state index in [0.717, 1.165) is 38.2 Å². The first-order valence-electron chi connectivity index (χ1n) is 13.5. The van der Waals surface area contributed by atoms with Gasteiger partial charge in [0.25, 0.3) is 5.91 Å². The molecule has 5 heteroatoms. The van der Waals surface area contributed by atoms with Gasteiger partial charge in [-0.3, -0.25) is 4.79 Å². The number of nitrogens with one attached hydrogen (secondary N) is 1. The summed E-state index contributed by atoms with van der Waals surface area (Å²) in [5.41, 5.74) is 6.09. The lowest BCUT2D eigenvalue weighted by Gasteiger charge is -2.12. The van der Waals surface area contributed by atoms with Crippen LogP contribution < -0.4 is 14.9 Å². The van der Waals surface area contributed by atoms with E-state index in [2.05, 4.69) is 40.9 Å². The fourth-order valence-corrected chi connectivity index (χ4v) is 4.76. The van der Waals surface area contributed by atoms with Crippen LogP contribution in [0.2, 0.25) is 0 Å². The number of amides is 1. The van der Waals surface area contributed by atoms with Crippen LogP contribution in [0, 0.1) is 0 Å². The first kappa shape index (κ1) is 25.8. The Kier molecular flexibility index (Phi) is 7.68. The standard InChI is InChI=1S/C36H28N2O3/c39-36(38-37-23-35-33-17-9-7-15-28(33)19-29-16-8-10-18-34(29)35)30-20-31(40-24-26-11-3-1-4-12-26)22-32(21-30)41-25-27-13-5-2-6-14-27/h1-23H,24-25H2,(H,38,39)/b37-23+. The van der Waals surface area contributed by atoms with Crippen molar-refractivity contribution in [1.29, 1.82) is 0 Å². The highest BCUT2D eigenvalue weighted by Crippen LogP contribution is 2.28. The van der Waals surface area contributed by atoms with E-state index in [1.165, 1.54) is 0 Å². The van der Waals surface area contributed by atoms with Crippen molar-refractivity contribution < 1.29 is 14.3 Å². The van der Waals surface area contributed by atoms with Crippen LogP contribution in [0.5, 0.6) is 11.5 Å². The summed E-state index contributed by atoms with van der Waals surface area (Å²) in [4.78, 5) is 13.3. The number of hydrogen-bond donors (Lipinski definition) is 1. The van der Waals surface area contributed by atoms with Gasteiger partial charge in [-0.15, -0.1) is 0 Å². The molecule has 0 saturated carbocycles. The smallest absolute Gasteiger partial charge is 0.271 e. The minimum atomic E-state index is -0.361. The fraction of sp³-hybridized carbons (Fsp3) is 0.0556. The van der Waals surface area contributed by atoms with Crippen molar-refractivity contribution in [3.8, 4) is 11.5 Å². The molecule has 6 rings (SSSR count). The van der Waals surface area contributed by atoms with Gasteiger partial charge in [0.05, 0.1) is 6.21 Å². The van der Waals surface area contributed by atoms with E-state index in [1.807, 2.05) is 84.9 Å². The molecule has 6 aromatic carbocycles. The van der Waals surface area contributed by atoms with E-state index in [1.54, 1.807) is 24.4 Å². The number of rotatable bonds is 9. The zero-order chi connectivity index (χ0) is 27.9. The predicted octanol–water partition coefficient (Wildman–Crippen LogP) is 7.91. The summed E-state index contributed by atoms with van der Waals surface area (Å²) in [6, 6.07) is 43.5. The monoisotopic (exact) mass is 536 g/mol. The van der Waals surface area contributed by atoms with Gasteiger partial charge in [-0.25, -0.2) is 5.43 Å². The molecule has 0 heterocycles. The summed E-state index contributed by atoms with van der Waals surface area (Å²) in [5.74, 6) is 0.711. The van der Waals surface area contributed by atoms with Gasteiger partial charge >= 0.3 is 0 Å². The number of fused-ring (bicyclic) bond motifs is 2. The second kappa shape index (κ2) is 12.2. The van der Waals surface area contributed by atoms with E-state index >= 15 is 0 Å². The number of nitrogens with zero attached hydrogens (tertiary/aromatic N) is 1. The normalized spacial score (nSPS) is 11.1. The molecule has 41 heavy (non-hydrogen) atoms. The lowest BCUT2D eigenvalue weighted by molar-refractivity contribution is 0.0954. The number of ether oxygens (including phenoxy) is 2. The molecule has 0 aliphatic carbocycles. The van der Waals surface area contributed by atoms with Crippen molar-refractivity contribution in [3.05, 3.63) is 156 Å². The molecule has 5 nitrogen and oxygen atoms in total. The third kappa shape index (κ3) is 6.26. The van der Waals surface area contributed by atoms with Crippen LogP contribution in [0.25, 0.3) is 21.5 Å². The zero-order valence-electron chi connectivity index (χ0n) is 22.4. The zero-order valence-corrected chi connectivity index (χ0v) is 22.4. The van der Waals surface area contributed by atoms with Crippen molar-refractivity contribution in [2.24, 2.45) is 5.10 Å². The number of hydrogen-bond acceptors (Lipinski definition) is 4. The molecule has 0 spiro atoms. The second-order valence-corrected chi connectivity index (χ2v) is 9.67. The Morgan fingerprint density at radius 1 is 0.610 bits per heavy atom. The Hall–Kier alpha value is -5.42. The van der Waals surface area contributed by atoms with Crippen LogP contribution in [0.1, 0.15) is 27.0 Å². The van der Waals surface area contributed by atoms with Gasteiger partial charge in [0, 0.05) is 17.2 Å². The topological polar surface area (TPSA) is 59.9 Å². The molecule has 0 unspecified atom stereocenters. The van der Waals surface area contributed by atoms with Gasteiger partial charge in [-0.1, -0.05) is 109 Å². The Balaban J connectivity index is 1.25. The van der Waals surface area contributed by atoms with E-state index in [0.29, 0.717) is 30.3 Å². The number of hydrazone groups is 1. The van der Waals surface area contributed by atoms with Crippen molar-refractivity contribution in [1.82, 2.24) is 5.43 Å². The lowest BCUT2D eigenvalue weighted by atomic mass is 9.97. The van der Waals surface area contributed by atoms with E-state index in [4.69, 9.17) is 9.47 Å². The quantitative estimate of drug-likeness (QED) is 0.116. The maximum absolute atomic E-state index is 13.3. The van der Waals surface area contributed by atoms with E-state index in [9.17, 15) is 4.79 Å². The van der Waals surface area contributed by atoms with Gasteiger partial charge in [0.2, 0.25) is 0 Å². The molecule has 0 radical (unpaired) electrons. The molecule has 0 aliphatic rings. The van der Waals surface area contributed by atoms with Crippen LogP contribution in [-0.4, -0.2) is 12.1 Å². The molecule has 0 fully saturated rings. The third-order valence-electron chi connectivity index (χ3n) is 6.81. The molecule has 0 saturated heterocycles. The summed E-state index contributed by atoms with van der Waals surface area (Å²) in [5, 5.41) is 8.72. The molecule has 0 atom stereocenters. The highest BCUT2D eigenvalue weighted by Gasteiger charge is 2.12. The highest BCUT2D eigenvalue weighted by atomic mass is 16.5. The highest BCUT2D eigenvalue weighted by molar-refractivity contribution is 6.13. The number of carbonyl (C=O) groups is 1. The first-order valence-corrected chi connectivity index (χ1v) is 13.5. The maximum Gasteiger partial charge on any atom is 0.271 e. The molecular weight excluding hydrogens is 508 g/mol. The van der Waals surface area contributed by atoms with Gasteiger partial charge < -0.3 is 9.47 Å². The summed E-state index contributed by atoms with van der Waals surface area (Å²) >= 11 is 0. The van der Waals surface area contributed by atoms with Gasteiger partial charge in [0.1, 0.15) is 24.7 Å². The van der Waals surface area contributed by atoms with E-state index < -0.39 is 0 Å². The third-order valence-corrected chi connectivity index (χ3v) is 6.81. The molecule has 0 bridgehead atoms. The minimum Gasteiger partial charge on any atom is -0.489 e. The lowest BCUT2D eigenvalue weighted by Crippen LogP contribution is -2.18. The Morgan fingerprint density at radius 3 is 1.63 bits per heavy atom. The minimum absolute atomic E-state index is 0.361. The number of benzene rings is 6. The Labute approximate surface area is 238 Å². The average molecular weight is 537 g/mol. The largest absolute Gasteiger partial charge is 0.489 e. The van der Waals surface area contributed by atoms with Crippen molar-refractivity contribution in [2.45, 2.75) is 13.2 Å². The van der Waals surface area contributed by atoms with Gasteiger partial charge in [-0.2, -0.15) is 5.10 Å². The van der Waals surface area contributed by atoms with Crippen LogP contribution in [0.15, 0.2) is 139 Å². The van der Waals surface area contributed by atoms with Gasteiger partial charge in [0.15, 0.2) is 0 Å². The molecule has 6 aromatic rings. The van der Waals surface area contributed by atoms with Crippen molar-refractivity contribution in [2.75, 3.05) is 0 Å². The molecule has 0 aliphatic heterocycles. The van der Waals surface area contributed by atoms with Crippen LogP contribution in [-0.2, 0) is 13.2 Å². The summed E-state index contributed by atoms with van der Waals surface area (Å²) in [6.45, 7) is 0.743. The van der Waals surface area contributed by atoms with Crippen LogP contribution >= 0.6 is 0 Å². The summed E-state index contributed by atoms with van der Waals surface area (Å²) in [6.07, 6.45) is 1.71. The molecular formula is C36H28N2O3. The van der Waals surface area contributed by atoms with Gasteiger partial charge in [-0.05, 0) is 50.9 Å². The molecule has 1 N–H and O–H groups in total. The fourth-order valence-electron chi connectivity index (χ4n) is 4.76. The van der Waals surface area contributed by atoms with Crippen molar-refractivity contribution in [3.63, 3.8) is 0 Å². The Bertz CT molecular complexity index is 1720. The predicted molar refractivity (Wildman–Crippen MR) is 165 cm³/mol. The molecule has 0 aromatic heterocycles. The first-order chi connectivity index (χ1) is 20.2. The summed E-state index contributed by atoms with van der Waals surface area (Å²) in [7, 11) is 0.